The number of hydrogen-bond acceptors (Lipinski definition) is 4. The second kappa shape index (κ2) is 15.5. The van der Waals surface area contributed by atoms with Crippen molar-refractivity contribution < 1.29 is 5.21 Å². The number of nitrogens with one attached hydrogen (secondary N) is 2. The summed E-state index contributed by atoms with van der Waals surface area (Å²) in [6.07, 6.45) is 8.68. The van der Waals surface area contributed by atoms with E-state index in [1.54, 1.807) is 0 Å². The van der Waals surface area contributed by atoms with Crippen molar-refractivity contribution in [2.24, 2.45) is 0 Å². The van der Waals surface area contributed by atoms with Gasteiger partial charge < -0.3 is 9.97 Å². The van der Waals surface area contributed by atoms with Gasteiger partial charge in [-0.25, -0.2) is 9.97 Å². The van der Waals surface area contributed by atoms with Crippen molar-refractivity contribution in [1.29, 1.82) is 0 Å². The van der Waals surface area contributed by atoms with Crippen LogP contribution in [0.2, 0.25) is 0 Å². The number of anilines is 1. The molecule has 0 fully saturated rings. The Kier molecular flexibility index (Phi) is 10.3. The van der Waals surface area contributed by atoms with Gasteiger partial charge in [0.2, 0.25) is 0 Å². The summed E-state index contributed by atoms with van der Waals surface area (Å²) in [6.45, 7) is 25.7. The largest absolute Gasteiger partial charge is 0.354 e. The van der Waals surface area contributed by atoms with E-state index in [1.165, 1.54) is 71.8 Å². The summed E-state index contributed by atoms with van der Waals surface area (Å²) in [5.41, 5.74) is 27.2. The number of hydrogen-bond donors (Lipinski definition) is 3. The molecule has 0 saturated heterocycles. The number of aromatic nitrogens is 4. The highest BCUT2D eigenvalue weighted by molar-refractivity contribution is 6.01. The molecular weight excluding hydrogens is 771 g/mol. The van der Waals surface area contributed by atoms with Crippen LogP contribution in [0.25, 0.3) is 90.9 Å². The molecule has 0 spiro atoms. The lowest BCUT2D eigenvalue weighted by atomic mass is 9.92. The number of aromatic amines is 2. The maximum absolute atomic E-state index is 11.1. The molecule has 0 radical (unpaired) electrons. The van der Waals surface area contributed by atoms with E-state index in [0.717, 1.165) is 78.3 Å². The summed E-state index contributed by atoms with van der Waals surface area (Å²) in [4.78, 5) is 19.1. The summed E-state index contributed by atoms with van der Waals surface area (Å²) in [5.74, 6) is 0. The fraction of sp³-hybridized carbons (Fsp3) is 0.228. The molecule has 2 aliphatic rings. The Morgan fingerprint density at radius 3 is 0.984 bits per heavy atom. The summed E-state index contributed by atoms with van der Waals surface area (Å²) in [6, 6.07) is 30.5. The van der Waals surface area contributed by atoms with E-state index in [1.807, 2.05) is 32.9 Å². The van der Waals surface area contributed by atoms with Gasteiger partial charge in [0, 0.05) is 44.3 Å². The zero-order valence-electron chi connectivity index (χ0n) is 38.7. The number of nitrogens with zero attached hydrogens (tertiary/aromatic N) is 3. The first-order chi connectivity index (χ1) is 30.0. The first kappa shape index (κ1) is 41.6. The van der Waals surface area contributed by atoms with E-state index in [9.17, 15) is 5.21 Å². The fourth-order valence-electron chi connectivity index (χ4n) is 10.2. The molecule has 7 aromatic rings. The third-order valence-corrected chi connectivity index (χ3v) is 12.6. The molecule has 0 aliphatic carbocycles. The molecular formula is C57H57N5O. The van der Waals surface area contributed by atoms with Gasteiger partial charge in [0.1, 0.15) is 0 Å². The molecule has 3 aromatic heterocycles. The van der Waals surface area contributed by atoms with Gasteiger partial charge in [-0.05, 0) is 199 Å². The monoisotopic (exact) mass is 827 g/mol. The van der Waals surface area contributed by atoms with Crippen LogP contribution in [0, 0.1) is 62.3 Å². The van der Waals surface area contributed by atoms with Gasteiger partial charge in [-0.2, -0.15) is 0 Å². The van der Waals surface area contributed by atoms with Gasteiger partial charge in [-0.1, -0.05) is 65.2 Å². The van der Waals surface area contributed by atoms with Gasteiger partial charge in [0.15, 0.2) is 0 Å². The van der Waals surface area contributed by atoms with Crippen LogP contribution < -0.4 is 5.06 Å². The van der Waals surface area contributed by atoms with Crippen molar-refractivity contribution in [2.75, 3.05) is 5.06 Å². The first-order valence-corrected chi connectivity index (χ1v) is 22.0. The predicted molar refractivity (Wildman–Crippen MR) is 267 cm³/mol. The SMILES string of the molecule is Cc1cc(C)c(-c2c3nc(c(-c4c(C)cc(C)cc4C)c4ccc([nH]4)c(-c4c(C)cc(C)cc4C)c4nc(c(-c5ccc(N(O)C(C)(C)C)cc5)c5ccc2[nH]5)C=C4)C=C3)c(C)c1. The highest BCUT2D eigenvalue weighted by Gasteiger charge is 2.24. The third kappa shape index (κ3) is 7.42. The van der Waals surface area contributed by atoms with E-state index < -0.39 is 5.54 Å². The van der Waals surface area contributed by atoms with Crippen LogP contribution in [0.5, 0.6) is 0 Å². The van der Waals surface area contributed by atoms with Gasteiger partial charge >= 0.3 is 0 Å². The second-order valence-corrected chi connectivity index (χ2v) is 18.9. The smallest absolute Gasteiger partial charge is 0.0737 e. The number of fused-ring (bicyclic) bond motifs is 8. The van der Waals surface area contributed by atoms with Gasteiger partial charge in [-0.15, -0.1) is 0 Å². The van der Waals surface area contributed by atoms with Crippen molar-refractivity contribution in [2.45, 2.75) is 88.6 Å². The minimum Gasteiger partial charge on any atom is -0.354 e. The van der Waals surface area contributed by atoms with E-state index in [4.69, 9.17) is 9.97 Å². The van der Waals surface area contributed by atoms with Crippen LogP contribution in [0.15, 0.2) is 84.9 Å². The molecule has 63 heavy (non-hydrogen) atoms. The van der Waals surface area contributed by atoms with E-state index >= 15 is 0 Å². The Morgan fingerprint density at radius 1 is 0.397 bits per heavy atom. The van der Waals surface area contributed by atoms with E-state index in [2.05, 4.69) is 169 Å². The zero-order valence-corrected chi connectivity index (χ0v) is 38.7. The lowest BCUT2D eigenvalue weighted by molar-refractivity contribution is 0.181. The van der Waals surface area contributed by atoms with Crippen LogP contribution in [0.3, 0.4) is 0 Å². The van der Waals surface area contributed by atoms with Crippen molar-refractivity contribution in [3.05, 3.63) is 158 Å². The molecule has 3 N–H and O–H groups in total. The predicted octanol–water partition coefficient (Wildman–Crippen LogP) is 15.1. The molecule has 6 heteroatoms. The third-order valence-electron chi connectivity index (χ3n) is 12.6. The molecule has 9 rings (SSSR count). The number of rotatable bonds is 5. The molecule has 4 aromatic carbocycles. The van der Waals surface area contributed by atoms with Crippen molar-refractivity contribution >= 4 is 52.1 Å². The quantitative estimate of drug-likeness (QED) is 0.151. The number of hydroxylamine groups is 1. The molecule has 0 unspecified atom stereocenters. The average Bonchev–Trinajstić information content (AvgIpc) is 4.04. The lowest BCUT2D eigenvalue weighted by Gasteiger charge is -2.31. The Balaban J connectivity index is 1.49. The Morgan fingerprint density at radius 2 is 0.683 bits per heavy atom. The standard InChI is InChI=1S/C57H57N5O/c1-31-25-34(4)50(35(5)26-31)54-44-19-17-42(58-44)53(40-13-15-41(16-14-40)62(63)57(10,11)12)43-18-20-45(59-43)55(51-36(6)27-32(2)28-37(51)7)47-22-24-49(61-47)56(48-23-21-46(54)60-48)52-38(8)29-33(3)30-39(52)9/h13-30,58,61,63H,1-12H3. The van der Waals surface area contributed by atoms with Crippen LogP contribution in [0.1, 0.15) is 93.6 Å². The molecule has 5 heterocycles. The maximum Gasteiger partial charge on any atom is 0.0737 e. The number of benzene rings is 4. The molecule has 0 atom stereocenters. The number of aryl methyl sites for hydroxylation is 9. The van der Waals surface area contributed by atoms with E-state index in [0.29, 0.717) is 0 Å². The Labute approximate surface area is 371 Å². The van der Waals surface area contributed by atoms with Crippen LogP contribution in [0.4, 0.5) is 5.69 Å². The Hall–Kier alpha value is -6.76. The van der Waals surface area contributed by atoms with Crippen LogP contribution in [-0.4, -0.2) is 30.7 Å². The van der Waals surface area contributed by atoms with Crippen molar-refractivity contribution in [3.63, 3.8) is 0 Å². The van der Waals surface area contributed by atoms with Crippen LogP contribution in [-0.2, 0) is 0 Å². The van der Waals surface area contributed by atoms with Crippen molar-refractivity contribution in [1.82, 2.24) is 19.9 Å². The molecule has 0 saturated carbocycles. The number of H-pyrrole nitrogens is 2. The summed E-state index contributed by atoms with van der Waals surface area (Å²) in [5, 5.41) is 12.4. The van der Waals surface area contributed by atoms with E-state index in [-0.39, 0.29) is 0 Å². The summed E-state index contributed by atoms with van der Waals surface area (Å²) >= 11 is 0. The zero-order chi connectivity index (χ0) is 44.6. The minimum absolute atomic E-state index is 0.465. The van der Waals surface area contributed by atoms with Gasteiger partial charge in [-0.3, -0.25) is 10.3 Å². The fourth-order valence-corrected chi connectivity index (χ4v) is 10.2. The average molecular weight is 828 g/mol. The first-order valence-electron chi connectivity index (χ1n) is 22.0. The maximum atomic E-state index is 11.1. The second-order valence-electron chi connectivity index (χ2n) is 18.9. The highest BCUT2D eigenvalue weighted by Crippen LogP contribution is 2.42. The lowest BCUT2D eigenvalue weighted by Crippen LogP contribution is -2.38. The minimum atomic E-state index is -0.465. The normalized spacial score (nSPS) is 12.4. The van der Waals surface area contributed by atoms with Gasteiger partial charge in [0.05, 0.1) is 34.0 Å². The van der Waals surface area contributed by atoms with Gasteiger partial charge in [0.25, 0.3) is 0 Å². The highest BCUT2D eigenvalue weighted by atomic mass is 16.5. The topological polar surface area (TPSA) is 80.8 Å². The molecule has 8 bridgehead atoms. The molecule has 2 aliphatic heterocycles. The van der Waals surface area contributed by atoms with Crippen molar-refractivity contribution in [3.8, 4) is 44.5 Å². The van der Waals surface area contributed by atoms with Crippen LogP contribution >= 0.6 is 0 Å². The Bertz CT molecular complexity index is 3130. The summed E-state index contributed by atoms with van der Waals surface area (Å²) in [7, 11) is 0. The molecule has 316 valence electrons. The molecule has 0 amide bonds. The molecule has 6 nitrogen and oxygen atoms in total. The summed E-state index contributed by atoms with van der Waals surface area (Å²) < 4.78 is 0.